The van der Waals surface area contributed by atoms with Gasteiger partial charge in [0.25, 0.3) is 0 Å². The maximum absolute atomic E-state index is 12.5. The van der Waals surface area contributed by atoms with E-state index in [1.165, 1.54) is 0 Å². The van der Waals surface area contributed by atoms with Crippen molar-refractivity contribution in [3.63, 3.8) is 0 Å². The first-order valence-corrected chi connectivity index (χ1v) is 8.95. The molecule has 0 spiro atoms. The number of methoxy groups -OCH3 is 1. The summed E-state index contributed by atoms with van der Waals surface area (Å²) in [7, 11) is 1.64. The van der Waals surface area contributed by atoms with E-state index in [0.717, 1.165) is 22.4 Å². The Hall–Kier alpha value is -3.15. The van der Waals surface area contributed by atoms with Crippen LogP contribution in [-0.2, 0) is 11.3 Å². The van der Waals surface area contributed by atoms with Gasteiger partial charge in [-0.05, 0) is 18.6 Å². The minimum Gasteiger partial charge on any atom is -0.496 e. The van der Waals surface area contributed by atoms with Crippen molar-refractivity contribution in [3.05, 3.63) is 65.5 Å². The summed E-state index contributed by atoms with van der Waals surface area (Å²) in [4.78, 5) is 18.9. The van der Waals surface area contributed by atoms with Crippen LogP contribution in [0.25, 0.3) is 11.4 Å². The number of likely N-dealkylation sites (tertiary alicyclic amines) is 1. The van der Waals surface area contributed by atoms with Gasteiger partial charge < -0.3 is 14.2 Å². The summed E-state index contributed by atoms with van der Waals surface area (Å²) in [6.07, 6.45) is 0.380. The third-order valence-electron chi connectivity index (χ3n) is 4.95. The molecule has 1 atom stereocenters. The van der Waals surface area contributed by atoms with E-state index in [2.05, 4.69) is 10.1 Å². The first-order chi connectivity index (χ1) is 13.2. The molecule has 0 aliphatic carbocycles. The Morgan fingerprint density at radius 3 is 2.78 bits per heavy atom. The van der Waals surface area contributed by atoms with Crippen LogP contribution in [0.4, 0.5) is 0 Å². The van der Waals surface area contributed by atoms with Gasteiger partial charge in [0.1, 0.15) is 5.75 Å². The summed E-state index contributed by atoms with van der Waals surface area (Å²) in [6.45, 7) is 3.09. The maximum atomic E-state index is 12.5. The lowest BCUT2D eigenvalue weighted by molar-refractivity contribution is -0.128. The van der Waals surface area contributed by atoms with Gasteiger partial charge in [0.05, 0.1) is 13.0 Å². The van der Waals surface area contributed by atoms with E-state index in [-0.39, 0.29) is 11.8 Å². The molecular weight excluding hydrogens is 342 g/mol. The summed E-state index contributed by atoms with van der Waals surface area (Å²) >= 11 is 0. The van der Waals surface area contributed by atoms with Crippen molar-refractivity contribution in [2.75, 3.05) is 13.7 Å². The van der Waals surface area contributed by atoms with E-state index in [4.69, 9.17) is 9.26 Å². The normalized spacial score (nSPS) is 16.7. The van der Waals surface area contributed by atoms with Crippen molar-refractivity contribution < 1.29 is 14.1 Å². The van der Waals surface area contributed by atoms with Crippen LogP contribution in [-0.4, -0.2) is 34.6 Å². The van der Waals surface area contributed by atoms with Crippen molar-refractivity contribution in [3.8, 4) is 17.1 Å². The number of carbonyl (C=O) groups excluding carboxylic acids is 1. The lowest BCUT2D eigenvalue weighted by atomic mass is 10.1. The van der Waals surface area contributed by atoms with Crippen molar-refractivity contribution in [1.29, 1.82) is 0 Å². The minimum atomic E-state index is -0.0857. The third-order valence-corrected chi connectivity index (χ3v) is 4.95. The zero-order valence-corrected chi connectivity index (χ0v) is 15.4. The number of ether oxygens (including phenoxy) is 1. The first-order valence-electron chi connectivity index (χ1n) is 8.95. The van der Waals surface area contributed by atoms with Crippen LogP contribution in [0.3, 0.4) is 0 Å². The van der Waals surface area contributed by atoms with Gasteiger partial charge in [-0.15, -0.1) is 0 Å². The van der Waals surface area contributed by atoms with Gasteiger partial charge in [0.2, 0.25) is 17.6 Å². The molecule has 6 heteroatoms. The fourth-order valence-corrected chi connectivity index (χ4v) is 3.46. The number of hydrogen-bond acceptors (Lipinski definition) is 5. The van der Waals surface area contributed by atoms with Crippen LogP contribution in [0, 0.1) is 6.92 Å². The van der Waals surface area contributed by atoms with E-state index in [0.29, 0.717) is 31.2 Å². The standard InChI is InChI=1S/C21H21N3O3/c1-14-7-3-5-9-17(14)20-22-21(27-23-20)16-11-19(25)24(13-16)12-15-8-4-6-10-18(15)26-2/h3-10,16H,11-13H2,1-2H3. The monoisotopic (exact) mass is 363 g/mol. The Morgan fingerprint density at radius 1 is 1.19 bits per heavy atom. The molecule has 1 saturated heterocycles. The van der Waals surface area contributed by atoms with E-state index in [1.54, 1.807) is 7.11 Å². The fraction of sp³-hybridized carbons (Fsp3) is 0.286. The largest absolute Gasteiger partial charge is 0.496 e. The van der Waals surface area contributed by atoms with Gasteiger partial charge in [0, 0.05) is 30.6 Å². The van der Waals surface area contributed by atoms with Gasteiger partial charge in [-0.25, -0.2) is 0 Å². The van der Waals surface area contributed by atoms with Crippen molar-refractivity contribution in [1.82, 2.24) is 15.0 Å². The molecule has 1 aromatic heterocycles. The zero-order valence-electron chi connectivity index (χ0n) is 15.4. The Kier molecular flexibility index (Phi) is 4.62. The van der Waals surface area contributed by atoms with Crippen molar-refractivity contribution >= 4 is 5.91 Å². The smallest absolute Gasteiger partial charge is 0.232 e. The number of aromatic nitrogens is 2. The molecule has 27 heavy (non-hydrogen) atoms. The molecule has 1 fully saturated rings. The molecule has 6 nitrogen and oxygen atoms in total. The number of para-hydroxylation sites is 1. The van der Waals surface area contributed by atoms with Gasteiger partial charge in [-0.1, -0.05) is 47.6 Å². The topological polar surface area (TPSA) is 68.5 Å². The summed E-state index contributed by atoms with van der Waals surface area (Å²) in [6, 6.07) is 15.7. The van der Waals surface area contributed by atoms with Crippen LogP contribution in [0.15, 0.2) is 53.1 Å². The Bertz CT molecular complexity index is 967. The summed E-state index contributed by atoms with van der Waals surface area (Å²) < 4.78 is 10.9. The molecule has 1 amide bonds. The van der Waals surface area contributed by atoms with Crippen LogP contribution < -0.4 is 4.74 Å². The second kappa shape index (κ2) is 7.23. The van der Waals surface area contributed by atoms with E-state index >= 15 is 0 Å². The van der Waals surface area contributed by atoms with Gasteiger partial charge in [-0.2, -0.15) is 4.98 Å². The fourth-order valence-electron chi connectivity index (χ4n) is 3.46. The summed E-state index contributed by atoms with van der Waals surface area (Å²) in [5, 5.41) is 4.12. The Labute approximate surface area is 157 Å². The predicted molar refractivity (Wildman–Crippen MR) is 100 cm³/mol. The number of hydrogen-bond donors (Lipinski definition) is 0. The number of nitrogens with zero attached hydrogens (tertiary/aromatic N) is 3. The molecule has 138 valence electrons. The number of amides is 1. The number of carbonyl (C=O) groups is 1. The van der Waals surface area contributed by atoms with E-state index in [9.17, 15) is 4.79 Å². The highest BCUT2D eigenvalue weighted by Crippen LogP contribution is 2.31. The van der Waals surface area contributed by atoms with Crippen LogP contribution in [0.1, 0.15) is 29.4 Å². The van der Waals surface area contributed by atoms with Gasteiger partial charge in [-0.3, -0.25) is 4.79 Å². The van der Waals surface area contributed by atoms with Crippen molar-refractivity contribution in [2.45, 2.75) is 25.8 Å². The number of aryl methyl sites for hydroxylation is 1. The second-order valence-corrected chi connectivity index (χ2v) is 6.76. The summed E-state index contributed by atoms with van der Waals surface area (Å²) in [5.74, 6) is 1.87. The van der Waals surface area contributed by atoms with Crippen LogP contribution in [0.2, 0.25) is 0 Å². The molecule has 2 aromatic carbocycles. The van der Waals surface area contributed by atoms with E-state index < -0.39 is 0 Å². The zero-order chi connectivity index (χ0) is 18.8. The molecule has 1 aliphatic heterocycles. The SMILES string of the molecule is COc1ccccc1CN1CC(c2nc(-c3ccccc3C)no2)CC1=O. The first kappa shape index (κ1) is 17.3. The molecule has 0 N–H and O–H groups in total. The van der Waals surface area contributed by atoms with Gasteiger partial charge >= 0.3 is 0 Å². The third kappa shape index (κ3) is 3.43. The molecule has 0 saturated carbocycles. The summed E-state index contributed by atoms with van der Waals surface area (Å²) in [5.41, 5.74) is 3.02. The maximum Gasteiger partial charge on any atom is 0.232 e. The molecule has 0 radical (unpaired) electrons. The molecule has 0 bridgehead atoms. The predicted octanol–water partition coefficient (Wildman–Crippen LogP) is 3.57. The number of rotatable bonds is 5. The average Bonchev–Trinajstić information content (AvgIpc) is 3.30. The van der Waals surface area contributed by atoms with Crippen LogP contribution in [0.5, 0.6) is 5.75 Å². The minimum absolute atomic E-state index is 0.0848. The van der Waals surface area contributed by atoms with Crippen molar-refractivity contribution in [2.24, 2.45) is 0 Å². The molecular formula is C21H21N3O3. The Morgan fingerprint density at radius 2 is 1.96 bits per heavy atom. The molecule has 3 aromatic rings. The van der Waals surface area contributed by atoms with Gasteiger partial charge in [0.15, 0.2) is 0 Å². The van der Waals surface area contributed by atoms with E-state index in [1.807, 2.05) is 60.4 Å². The quantitative estimate of drug-likeness (QED) is 0.693. The lowest BCUT2D eigenvalue weighted by Gasteiger charge is -2.17. The second-order valence-electron chi connectivity index (χ2n) is 6.76. The number of benzene rings is 2. The average molecular weight is 363 g/mol. The molecule has 4 rings (SSSR count). The van der Waals surface area contributed by atoms with Crippen LogP contribution >= 0.6 is 0 Å². The molecule has 1 unspecified atom stereocenters. The highest BCUT2D eigenvalue weighted by atomic mass is 16.5. The Balaban J connectivity index is 1.51. The molecule has 1 aliphatic rings. The lowest BCUT2D eigenvalue weighted by Crippen LogP contribution is -2.24. The highest BCUT2D eigenvalue weighted by molar-refractivity contribution is 5.79. The highest BCUT2D eigenvalue weighted by Gasteiger charge is 2.34. The molecule has 2 heterocycles.